The van der Waals surface area contributed by atoms with Crippen molar-refractivity contribution in [2.45, 2.75) is 33.6 Å². The van der Waals surface area contributed by atoms with E-state index in [0.29, 0.717) is 18.7 Å². The van der Waals surface area contributed by atoms with Gasteiger partial charge in [0.25, 0.3) is 0 Å². The number of nitrogens with one attached hydrogen (secondary N) is 1. The first kappa shape index (κ1) is 16.9. The second kappa shape index (κ2) is 7.30. The highest BCUT2D eigenvalue weighted by Gasteiger charge is 2.11. The summed E-state index contributed by atoms with van der Waals surface area (Å²) in [6.45, 7) is 5.90. The van der Waals surface area contributed by atoms with E-state index < -0.39 is 0 Å². The number of aryl methyl sites for hydroxylation is 4. The lowest BCUT2D eigenvalue weighted by Gasteiger charge is -2.10. The molecule has 0 bridgehead atoms. The van der Waals surface area contributed by atoms with Crippen LogP contribution in [0.2, 0.25) is 0 Å². The summed E-state index contributed by atoms with van der Waals surface area (Å²) in [5.74, 6) is 1.22. The molecule has 0 aliphatic carbocycles. The van der Waals surface area contributed by atoms with Crippen LogP contribution in [0.3, 0.4) is 0 Å². The van der Waals surface area contributed by atoms with Crippen LogP contribution in [0.1, 0.15) is 29.0 Å². The molecule has 0 saturated carbocycles. The van der Waals surface area contributed by atoms with Crippen LogP contribution in [0.15, 0.2) is 47.3 Å². The van der Waals surface area contributed by atoms with Gasteiger partial charge in [-0.1, -0.05) is 29.8 Å². The zero-order valence-electron chi connectivity index (χ0n) is 14.7. The number of oxazole rings is 1. The Morgan fingerprint density at radius 3 is 2.40 bits per heavy atom. The molecule has 1 N–H and O–H groups in total. The first-order chi connectivity index (χ1) is 12.0. The van der Waals surface area contributed by atoms with Gasteiger partial charge in [-0.2, -0.15) is 0 Å². The minimum atomic E-state index is -0.0625. The number of carbonyl (C=O) groups is 1. The fourth-order valence-electron chi connectivity index (χ4n) is 2.60. The lowest BCUT2D eigenvalue weighted by atomic mass is 10.1. The highest BCUT2D eigenvalue weighted by Crippen LogP contribution is 2.22. The van der Waals surface area contributed by atoms with E-state index in [1.807, 2.05) is 45.0 Å². The van der Waals surface area contributed by atoms with Crippen LogP contribution in [0.4, 0.5) is 5.69 Å². The molecule has 0 radical (unpaired) electrons. The van der Waals surface area contributed by atoms with Gasteiger partial charge in [-0.25, -0.2) is 4.98 Å². The number of hydrogen-bond donors (Lipinski definition) is 1. The predicted octanol–water partition coefficient (Wildman–Crippen LogP) is 4.23. The number of amides is 1. The smallest absolute Gasteiger partial charge is 0.224 e. The summed E-state index contributed by atoms with van der Waals surface area (Å²) in [6.07, 6.45) is 5.96. The van der Waals surface area contributed by atoms with E-state index in [0.717, 1.165) is 28.1 Å². The Balaban J connectivity index is 1.60. The highest BCUT2D eigenvalue weighted by molar-refractivity contribution is 5.92. The number of anilines is 1. The standard InChI is InChI=1S/C20H21N3O2/c1-13-4-6-16(7-5-13)17-12-22-19(25-17)9-8-18(24)23-20-14(2)10-21-11-15(20)3/h4-7,10-12H,8-9H2,1-3H3,(H,21,23,24). The van der Waals surface area contributed by atoms with Crippen molar-refractivity contribution in [3.05, 3.63) is 65.4 Å². The lowest BCUT2D eigenvalue weighted by molar-refractivity contribution is -0.116. The molecule has 3 rings (SSSR count). The van der Waals surface area contributed by atoms with Gasteiger partial charge in [-0.05, 0) is 31.9 Å². The van der Waals surface area contributed by atoms with Crippen molar-refractivity contribution in [2.75, 3.05) is 5.32 Å². The quantitative estimate of drug-likeness (QED) is 0.757. The monoisotopic (exact) mass is 335 g/mol. The van der Waals surface area contributed by atoms with Crippen molar-refractivity contribution in [1.29, 1.82) is 0 Å². The van der Waals surface area contributed by atoms with Crippen LogP contribution >= 0.6 is 0 Å². The molecule has 2 aromatic heterocycles. The molecule has 25 heavy (non-hydrogen) atoms. The number of carbonyl (C=O) groups excluding carboxylic acids is 1. The van der Waals surface area contributed by atoms with E-state index >= 15 is 0 Å². The van der Waals surface area contributed by atoms with Gasteiger partial charge in [0.15, 0.2) is 11.7 Å². The fourth-order valence-corrected chi connectivity index (χ4v) is 2.60. The minimum absolute atomic E-state index is 0.0625. The minimum Gasteiger partial charge on any atom is -0.441 e. The van der Waals surface area contributed by atoms with Gasteiger partial charge in [0.2, 0.25) is 5.91 Å². The van der Waals surface area contributed by atoms with Crippen molar-refractivity contribution in [2.24, 2.45) is 0 Å². The second-order valence-corrected chi connectivity index (χ2v) is 6.18. The van der Waals surface area contributed by atoms with Gasteiger partial charge in [0.1, 0.15) is 0 Å². The molecular weight excluding hydrogens is 314 g/mol. The third-order valence-electron chi connectivity index (χ3n) is 4.05. The van der Waals surface area contributed by atoms with Crippen LogP contribution in [0, 0.1) is 20.8 Å². The third kappa shape index (κ3) is 4.12. The molecule has 0 atom stereocenters. The molecule has 128 valence electrons. The molecule has 2 heterocycles. The number of hydrogen-bond acceptors (Lipinski definition) is 4. The summed E-state index contributed by atoms with van der Waals surface area (Å²) in [5.41, 5.74) is 4.91. The first-order valence-corrected chi connectivity index (χ1v) is 8.26. The van der Waals surface area contributed by atoms with Gasteiger partial charge in [0, 0.05) is 36.5 Å². The molecule has 0 unspecified atom stereocenters. The van der Waals surface area contributed by atoms with Crippen molar-refractivity contribution in [1.82, 2.24) is 9.97 Å². The van der Waals surface area contributed by atoms with Crippen molar-refractivity contribution >= 4 is 11.6 Å². The van der Waals surface area contributed by atoms with Gasteiger partial charge >= 0.3 is 0 Å². The second-order valence-electron chi connectivity index (χ2n) is 6.18. The third-order valence-corrected chi connectivity index (χ3v) is 4.05. The molecule has 0 spiro atoms. The normalized spacial score (nSPS) is 10.7. The molecule has 3 aromatic rings. The molecule has 0 fully saturated rings. The van der Waals surface area contributed by atoms with Crippen LogP contribution < -0.4 is 5.32 Å². The van der Waals surface area contributed by atoms with Gasteiger partial charge in [-0.3, -0.25) is 9.78 Å². The zero-order valence-corrected chi connectivity index (χ0v) is 14.7. The van der Waals surface area contributed by atoms with Gasteiger partial charge in [0.05, 0.1) is 6.20 Å². The average molecular weight is 335 g/mol. The number of benzene rings is 1. The Morgan fingerprint density at radius 2 is 1.72 bits per heavy atom. The molecule has 5 heteroatoms. The predicted molar refractivity (Wildman–Crippen MR) is 97.3 cm³/mol. The Hall–Kier alpha value is -2.95. The van der Waals surface area contributed by atoms with Crippen LogP contribution in [-0.4, -0.2) is 15.9 Å². The van der Waals surface area contributed by atoms with E-state index in [1.54, 1.807) is 18.6 Å². The van der Waals surface area contributed by atoms with Crippen molar-refractivity contribution in [3.63, 3.8) is 0 Å². The summed E-state index contributed by atoms with van der Waals surface area (Å²) in [7, 11) is 0. The highest BCUT2D eigenvalue weighted by atomic mass is 16.4. The molecule has 0 saturated heterocycles. The van der Waals surface area contributed by atoms with E-state index in [-0.39, 0.29) is 5.91 Å². The number of nitrogens with zero attached hydrogens (tertiary/aromatic N) is 2. The summed E-state index contributed by atoms with van der Waals surface area (Å²) < 4.78 is 5.76. The molecule has 0 aliphatic heterocycles. The average Bonchev–Trinajstić information content (AvgIpc) is 3.06. The van der Waals surface area contributed by atoms with Crippen molar-refractivity contribution in [3.8, 4) is 11.3 Å². The summed E-state index contributed by atoms with van der Waals surface area (Å²) in [6, 6.07) is 8.07. The molecule has 1 aromatic carbocycles. The molecule has 1 amide bonds. The number of aromatic nitrogens is 2. The number of rotatable bonds is 5. The Bertz CT molecular complexity index is 862. The summed E-state index contributed by atoms with van der Waals surface area (Å²) >= 11 is 0. The van der Waals surface area contributed by atoms with E-state index in [1.165, 1.54) is 5.56 Å². The van der Waals surface area contributed by atoms with E-state index in [2.05, 4.69) is 15.3 Å². The van der Waals surface area contributed by atoms with Crippen LogP contribution in [0.5, 0.6) is 0 Å². The maximum atomic E-state index is 12.2. The molecular formula is C20H21N3O2. The first-order valence-electron chi connectivity index (χ1n) is 8.26. The molecule has 0 aliphatic rings. The maximum absolute atomic E-state index is 12.2. The lowest BCUT2D eigenvalue weighted by Crippen LogP contribution is -2.14. The molecule has 5 nitrogen and oxygen atoms in total. The topological polar surface area (TPSA) is 68.0 Å². The number of pyridine rings is 1. The van der Waals surface area contributed by atoms with E-state index in [9.17, 15) is 4.79 Å². The van der Waals surface area contributed by atoms with Gasteiger partial charge in [-0.15, -0.1) is 0 Å². The largest absolute Gasteiger partial charge is 0.441 e. The fraction of sp³-hybridized carbons (Fsp3) is 0.250. The zero-order chi connectivity index (χ0) is 17.8. The Morgan fingerprint density at radius 1 is 1.04 bits per heavy atom. The van der Waals surface area contributed by atoms with Crippen LogP contribution in [-0.2, 0) is 11.2 Å². The summed E-state index contributed by atoms with van der Waals surface area (Å²) in [5, 5.41) is 2.95. The SMILES string of the molecule is Cc1ccc(-c2cnc(CCC(=O)Nc3c(C)cncc3C)o2)cc1. The summed E-state index contributed by atoms with van der Waals surface area (Å²) in [4.78, 5) is 20.6. The van der Waals surface area contributed by atoms with E-state index in [4.69, 9.17) is 4.42 Å². The van der Waals surface area contributed by atoms with Crippen LogP contribution in [0.25, 0.3) is 11.3 Å². The van der Waals surface area contributed by atoms with Gasteiger partial charge < -0.3 is 9.73 Å². The Labute approximate surface area is 147 Å². The van der Waals surface area contributed by atoms with Crippen molar-refractivity contribution < 1.29 is 9.21 Å². The maximum Gasteiger partial charge on any atom is 0.224 e. The Kier molecular flexibility index (Phi) is 4.93.